The molecule has 1 aliphatic heterocycles. The van der Waals surface area contributed by atoms with E-state index in [1.807, 2.05) is 24.5 Å². The molecule has 2 aromatic rings. The summed E-state index contributed by atoms with van der Waals surface area (Å²) in [5.41, 5.74) is 1.99. The molecular formula is C21H29FN4. The third-order valence-electron chi connectivity index (χ3n) is 4.91. The van der Waals surface area contributed by atoms with E-state index in [1.165, 1.54) is 12.8 Å². The largest absolute Gasteiger partial charge is 0.352 e. The lowest BCUT2D eigenvalue weighted by Gasteiger charge is -2.32. The Hall–Kier alpha value is -2.01. The summed E-state index contributed by atoms with van der Waals surface area (Å²) in [5.74, 6) is 1.24. The second-order valence-corrected chi connectivity index (χ2v) is 7.59. The van der Waals surface area contributed by atoms with Gasteiger partial charge in [-0.15, -0.1) is 0 Å². The number of likely N-dealkylation sites (tertiary alicyclic amines) is 1. The molecule has 0 unspecified atom stereocenters. The standard InChI is InChI=1S/C21H29FN4/c1-16(2)25-21-23-12-18(13-24-21)15-26-11-5-6-17(14-26)9-10-19-7-3-4-8-20(19)22/h3-4,7-8,12-13,16-17H,5-6,9-11,14-15H2,1-2H3,(H,23,24,25)/t17-/m1/s1. The van der Waals surface area contributed by atoms with Crippen LogP contribution in [0.15, 0.2) is 36.7 Å². The number of halogens is 1. The van der Waals surface area contributed by atoms with Crippen molar-refractivity contribution in [1.29, 1.82) is 0 Å². The first-order valence-electron chi connectivity index (χ1n) is 9.63. The summed E-state index contributed by atoms with van der Waals surface area (Å²) in [7, 11) is 0. The highest BCUT2D eigenvalue weighted by Gasteiger charge is 2.20. The third kappa shape index (κ3) is 5.49. The Kier molecular flexibility index (Phi) is 6.56. The van der Waals surface area contributed by atoms with Crippen molar-refractivity contribution in [2.45, 2.75) is 52.1 Å². The predicted molar refractivity (Wildman–Crippen MR) is 104 cm³/mol. The summed E-state index contributed by atoms with van der Waals surface area (Å²) < 4.78 is 13.8. The van der Waals surface area contributed by atoms with Crippen LogP contribution in [-0.4, -0.2) is 34.0 Å². The van der Waals surface area contributed by atoms with Crippen LogP contribution in [-0.2, 0) is 13.0 Å². The smallest absolute Gasteiger partial charge is 0.222 e. The molecule has 4 nitrogen and oxygen atoms in total. The van der Waals surface area contributed by atoms with Crippen LogP contribution in [0.5, 0.6) is 0 Å². The molecule has 0 spiro atoms. The molecule has 1 aromatic heterocycles. The average molecular weight is 356 g/mol. The topological polar surface area (TPSA) is 41.1 Å². The van der Waals surface area contributed by atoms with Crippen molar-refractivity contribution in [3.8, 4) is 0 Å². The minimum absolute atomic E-state index is 0.0765. The Morgan fingerprint density at radius 3 is 2.73 bits per heavy atom. The molecule has 0 amide bonds. The first-order chi connectivity index (χ1) is 12.6. The zero-order valence-corrected chi connectivity index (χ0v) is 15.8. The van der Waals surface area contributed by atoms with E-state index in [9.17, 15) is 4.39 Å². The molecule has 0 bridgehead atoms. The number of hydrogen-bond acceptors (Lipinski definition) is 4. The van der Waals surface area contributed by atoms with Gasteiger partial charge in [-0.1, -0.05) is 18.2 Å². The zero-order chi connectivity index (χ0) is 18.4. The van der Waals surface area contributed by atoms with Crippen LogP contribution < -0.4 is 5.32 Å². The van der Waals surface area contributed by atoms with Gasteiger partial charge in [0.2, 0.25) is 5.95 Å². The number of nitrogens with one attached hydrogen (secondary N) is 1. The fourth-order valence-corrected chi connectivity index (χ4v) is 3.62. The van der Waals surface area contributed by atoms with Crippen LogP contribution in [0, 0.1) is 11.7 Å². The minimum atomic E-state index is -0.0765. The van der Waals surface area contributed by atoms with Crippen molar-refractivity contribution in [3.63, 3.8) is 0 Å². The molecule has 1 aromatic carbocycles. The number of hydrogen-bond donors (Lipinski definition) is 1. The number of benzene rings is 1. The average Bonchev–Trinajstić information content (AvgIpc) is 2.63. The Morgan fingerprint density at radius 1 is 1.23 bits per heavy atom. The highest BCUT2D eigenvalue weighted by molar-refractivity contribution is 5.25. The molecule has 0 radical (unpaired) electrons. The molecule has 1 aliphatic rings. The molecule has 1 saturated heterocycles. The summed E-state index contributed by atoms with van der Waals surface area (Å²) in [5, 5.41) is 3.21. The van der Waals surface area contributed by atoms with Crippen molar-refractivity contribution in [1.82, 2.24) is 14.9 Å². The summed E-state index contributed by atoms with van der Waals surface area (Å²) in [6.45, 7) is 7.22. The van der Waals surface area contributed by atoms with Gasteiger partial charge in [0, 0.05) is 37.1 Å². The second-order valence-electron chi connectivity index (χ2n) is 7.59. The highest BCUT2D eigenvalue weighted by atomic mass is 19.1. The van der Waals surface area contributed by atoms with Crippen LogP contribution >= 0.6 is 0 Å². The van der Waals surface area contributed by atoms with E-state index in [-0.39, 0.29) is 5.82 Å². The van der Waals surface area contributed by atoms with Crippen molar-refractivity contribution in [2.24, 2.45) is 5.92 Å². The normalized spacial score (nSPS) is 18.2. The molecule has 1 fully saturated rings. The lowest BCUT2D eigenvalue weighted by Crippen LogP contribution is -2.35. The van der Waals surface area contributed by atoms with Gasteiger partial charge in [0.05, 0.1) is 0 Å². The second kappa shape index (κ2) is 9.08. The maximum Gasteiger partial charge on any atom is 0.222 e. The Balaban J connectivity index is 1.49. The third-order valence-corrected chi connectivity index (χ3v) is 4.91. The van der Waals surface area contributed by atoms with Crippen molar-refractivity contribution in [3.05, 3.63) is 53.6 Å². The van der Waals surface area contributed by atoms with E-state index in [4.69, 9.17) is 0 Å². The lowest BCUT2D eigenvalue weighted by molar-refractivity contribution is 0.161. The van der Waals surface area contributed by atoms with Crippen LogP contribution in [0.3, 0.4) is 0 Å². The van der Waals surface area contributed by atoms with Crippen LogP contribution in [0.1, 0.15) is 44.2 Å². The molecular weight excluding hydrogens is 327 g/mol. The summed E-state index contributed by atoms with van der Waals surface area (Å²) >= 11 is 0. The van der Waals surface area contributed by atoms with Gasteiger partial charge in [-0.05, 0) is 63.6 Å². The minimum Gasteiger partial charge on any atom is -0.352 e. The quantitative estimate of drug-likeness (QED) is 0.804. The highest BCUT2D eigenvalue weighted by Crippen LogP contribution is 2.23. The summed E-state index contributed by atoms with van der Waals surface area (Å²) in [4.78, 5) is 11.3. The van der Waals surface area contributed by atoms with Gasteiger partial charge in [-0.3, -0.25) is 4.90 Å². The van der Waals surface area contributed by atoms with Crippen LogP contribution in [0.25, 0.3) is 0 Å². The Bertz CT molecular complexity index is 687. The molecule has 1 N–H and O–H groups in total. The van der Waals surface area contributed by atoms with Gasteiger partial charge in [-0.2, -0.15) is 0 Å². The number of aryl methyl sites for hydroxylation is 1. The fraction of sp³-hybridized carbons (Fsp3) is 0.524. The fourth-order valence-electron chi connectivity index (χ4n) is 3.62. The van der Waals surface area contributed by atoms with Gasteiger partial charge in [0.25, 0.3) is 0 Å². The molecule has 1 atom stereocenters. The van der Waals surface area contributed by atoms with E-state index >= 15 is 0 Å². The van der Waals surface area contributed by atoms with E-state index in [0.717, 1.165) is 43.6 Å². The lowest BCUT2D eigenvalue weighted by atomic mass is 9.91. The molecule has 0 saturated carbocycles. The van der Waals surface area contributed by atoms with Crippen LogP contribution in [0.4, 0.5) is 10.3 Å². The SMILES string of the molecule is CC(C)Nc1ncc(CN2CCC[C@H](CCc3ccccc3F)C2)cn1. The van der Waals surface area contributed by atoms with Crippen molar-refractivity contribution >= 4 is 5.95 Å². The van der Waals surface area contributed by atoms with Crippen molar-refractivity contribution < 1.29 is 4.39 Å². The zero-order valence-electron chi connectivity index (χ0n) is 15.8. The molecule has 3 rings (SSSR count). The number of rotatable bonds is 7. The van der Waals surface area contributed by atoms with Crippen LogP contribution in [0.2, 0.25) is 0 Å². The van der Waals surface area contributed by atoms with Crippen molar-refractivity contribution in [2.75, 3.05) is 18.4 Å². The molecule has 140 valence electrons. The van der Waals surface area contributed by atoms with E-state index in [1.54, 1.807) is 12.1 Å². The maximum atomic E-state index is 13.8. The van der Waals surface area contributed by atoms with E-state index in [0.29, 0.717) is 17.9 Å². The maximum absolute atomic E-state index is 13.8. The number of anilines is 1. The van der Waals surface area contributed by atoms with Gasteiger partial charge in [0.15, 0.2) is 0 Å². The monoisotopic (exact) mass is 356 g/mol. The molecule has 0 aliphatic carbocycles. The predicted octanol–water partition coefficient (Wildman–Crippen LogP) is 4.28. The number of aromatic nitrogens is 2. The van der Waals surface area contributed by atoms with Gasteiger partial charge in [-0.25, -0.2) is 14.4 Å². The van der Waals surface area contributed by atoms with Gasteiger partial charge in [0.1, 0.15) is 5.82 Å². The first kappa shape index (κ1) is 18.8. The number of nitrogens with zero attached hydrogens (tertiary/aromatic N) is 3. The summed E-state index contributed by atoms with van der Waals surface area (Å²) in [6.07, 6.45) is 8.14. The molecule has 26 heavy (non-hydrogen) atoms. The number of piperidine rings is 1. The molecule has 5 heteroatoms. The Morgan fingerprint density at radius 2 is 2.00 bits per heavy atom. The first-order valence-corrected chi connectivity index (χ1v) is 9.63. The van der Waals surface area contributed by atoms with E-state index in [2.05, 4.69) is 34.0 Å². The molecule has 2 heterocycles. The van der Waals surface area contributed by atoms with E-state index < -0.39 is 0 Å². The van der Waals surface area contributed by atoms with Gasteiger partial charge >= 0.3 is 0 Å². The Labute approximate surface area is 155 Å². The summed E-state index contributed by atoms with van der Waals surface area (Å²) in [6, 6.07) is 7.47. The van der Waals surface area contributed by atoms with Gasteiger partial charge < -0.3 is 5.32 Å².